The van der Waals surface area contributed by atoms with Crippen LogP contribution in [0, 0.1) is 5.92 Å². The van der Waals surface area contributed by atoms with Crippen molar-refractivity contribution in [2.75, 3.05) is 26.2 Å². The number of hydrogen-bond donors (Lipinski definition) is 1. The average molecular weight is 252 g/mol. The summed E-state index contributed by atoms with van der Waals surface area (Å²) in [5.41, 5.74) is 0. The minimum atomic E-state index is 0.935. The molecule has 1 heterocycles. The Morgan fingerprint density at radius 2 is 1.83 bits per heavy atom. The lowest BCUT2D eigenvalue weighted by Gasteiger charge is -2.29. The van der Waals surface area contributed by atoms with Gasteiger partial charge in [0.15, 0.2) is 0 Å². The third-order valence-electron chi connectivity index (χ3n) is 4.89. The molecule has 1 N–H and O–H groups in total. The topological polar surface area (TPSA) is 15.3 Å². The van der Waals surface area contributed by atoms with E-state index < -0.39 is 0 Å². The minimum Gasteiger partial charge on any atom is -0.315 e. The maximum Gasteiger partial charge on any atom is 0.0124 e. The number of unbranched alkanes of at least 4 members (excludes halogenated alkanes) is 2. The molecule has 1 aliphatic heterocycles. The van der Waals surface area contributed by atoms with E-state index in [-0.39, 0.29) is 0 Å². The summed E-state index contributed by atoms with van der Waals surface area (Å²) in [5, 5.41) is 3.62. The molecule has 0 spiro atoms. The summed E-state index contributed by atoms with van der Waals surface area (Å²) in [4.78, 5) is 2.78. The third-order valence-corrected chi connectivity index (χ3v) is 4.89. The Balaban J connectivity index is 1.59. The predicted octanol–water partition coefficient (Wildman–Crippen LogP) is 3.42. The number of likely N-dealkylation sites (tertiary alicyclic amines) is 1. The first kappa shape index (κ1) is 14.3. The SMILES string of the molecule is CCCCCNCCN1CCCC1C1CCCC1. The molecule has 0 aromatic carbocycles. The lowest BCUT2D eigenvalue weighted by atomic mass is 9.96. The van der Waals surface area contributed by atoms with Crippen molar-refractivity contribution in [1.29, 1.82) is 0 Å². The van der Waals surface area contributed by atoms with Crippen LogP contribution < -0.4 is 5.32 Å². The first-order valence-corrected chi connectivity index (χ1v) is 8.36. The molecule has 0 aromatic rings. The number of rotatable bonds is 8. The molecule has 0 amide bonds. The van der Waals surface area contributed by atoms with Crippen LogP contribution in [0.1, 0.15) is 64.7 Å². The van der Waals surface area contributed by atoms with Crippen LogP contribution in [0.5, 0.6) is 0 Å². The van der Waals surface area contributed by atoms with Crippen molar-refractivity contribution in [2.24, 2.45) is 5.92 Å². The van der Waals surface area contributed by atoms with Crippen LogP contribution in [-0.2, 0) is 0 Å². The van der Waals surface area contributed by atoms with Crippen molar-refractivity contribution < 1.29 is 0 Å². The highest BCUT2D eigenvalue weighted by Crippen LogP contribution is 2.34. The van der Waals surface area contributed by atoms with Gasteiger partial charge in [-0.25, -0.2) is 0 Å². The van der Waals surface area contributed by atoms with Crippen molar-refractivity contribution in [3.05, 3.63) is 0 Å². The molecular formula is C16H32N2. The first-order chi connectivity index (χ1) is 8.92. The molecule has 0 aromatic heterocycles. The first-order valence-electron chi connectivity index (χ1n) is 8.36. The Labute approximate surface area is 114 Å². The molecule has 2 rings (SSSR count). The smallest absolute Gasteiger partial charge is 0.0124 e. The fourth-order valence-electron chi connectivity index (χ4n) is 3.85. The molecule has 1 unspecified atom stereocenters. The summed E-state index contributed by atoms with van der Waals surface area (Å²) in [6, 6.07) is 0.935. The van der Waals surface area contributed by atoms with Gasteiger partial charge in [-0.3, -0.25) is 4.90 Å². The Morgan fingerprint density at radius 3 is 2.61 bits per heavy atom. The Hall–Kier alpha value is -0.0800. The molecule has 18 heavy (non-hydrogen) atoms. The summed E-state index contributed by atoms with van der Waals surface area (Å²) < 4.78 is 0. The van der Waals surface area contributed by atoms with Crippen molar-refractivity contribution >= 4 is 0 Å². The van der Waals surface area contributed by atoms with E-state index in [0.717, 1.165) is 12.0 Å². The van der Waals surface area contributed by atoms with Gasteiger partial charge in [-0.2, -0.15) is 0 Å². The molecule has 0 bridgehead atoms. The molecule has 1 atom stereocenters. The quantitative estimate of drug-likeness (QED) is 0.666. The van der Waals surface area contributed by atoms with Crippen molar-refractivity contribution in [1.82, 2.24) is 10.2 Å². The van der Waals surface area contributed by atoms with Gasteiger partial charge in [-0.1, -0.05) is 32.6 Å². The number of nitrogens with zero attached hydrogens (tertiary/aromatic N) is 1. The molecule has 106 valence electrons. The molecule has 2 fully saturated rings. The molecule has 1 aliphatic carbocycles. The van der Waals surface area contributed by atoms with Crippen LogP contribution in [0.25, 0.3) is 0 Å². The van der Waals surface area contributed by atoms with E-state index in [1.165, 1.54) is 84.0 Å². The van der Waals surface area contributed by atoms with E-state index in [0.29, 0.717) is 0 Å². The Morgan fingerprint density at radius 1 is 1.00 bits per heavy atom. The number of nitrogens with one attached hydrogen (secondary N) is 1. The van der Waals surface area contributed by atoms with Gasteiger partial charge in [0.25, 0.3) is 0 Å². The van der Waals surface area contributed by atoms with E-state index in [2.05, 4.69) is 17.1 Å². The van der Waals surface area contributed by atoms with Crippen LogP contribution in [0.2, 0.25) is 0 Å². The lowest BCUT2D eigenvalue weighted by Crippen LogP contribution is -2.39. The van der Waals surface area contributed by atoms with Gasteiger partial charge in [0.05, 0.1) is 0 Å². The standard InChI is InChI=1S/C16H32N2/c1-2-3-6-11-17-12-14-18-13-7-10-16(18)15-8-4-5-9-15/h15-17H,2-14H2,1H3. The largest absolute Gasteiger partial charge is 0.315 e. The Kier molecular flexibility index (Phi) is 6.50. The zero-order chi connectivity index (χ0) is 12.6. The monoisotopic (exact) mass is 252 g/mol. The van der Waals surface area contributed by atoms with Gasteiger partial charge >= 0.3 is 0 Å². The fraction of sp³-hybridized carbons (Fsp3) is 1.00. The second kappa shape index (κ2) is 8.16. The molecule has 0 radical (unpaired) electrons. The predicted molar refractivity (Wildman–Crippen MR) is 78.9 cm³/mol. The molecule has 1 saturated heterocycles. The van der Waals surface area contributed by atoms with Gasteiger partial charge < -0.3 is 5.32 Å². The van der Waals surface area contributed by atoms with E-state index in [9.17, 15) is 0 Å². The van der Waals surface area contributed by atoms with Gasteiger partial charge in [-0.05, 0) is 51.1 Å². The van der Waals surface area contributed by atoms with Gasteiger partial charge in [-0.15, -0.1) is 0 Å². The summed E-state index contributed by atoms with van der Waals surface area (Å²) >= 11 is 0. The highest BCUT2D eigenvalue weighted by atomic mass is 15.2. The zero-order valence-electron chi connectivity index (χ0n) is 12.3. The summed E-state index contributed by atoms with van der Waals surface area (Å²) in [7, 11) is 0. The normalized spacial score (nSPS) is 26.2. The highest BCUT2D eigenvalue weighted by Gasteiger charge is 2.32. The lowest BCUT2D eigenvalue weighted by molar-refractivity contribution is 0.191. The highest BCUT2D eigenvalue weighted by molar-refractivity contribution is 4.87. The fourth-order valence-corrected chi connectivity index (χ4v) is 3.85. The second-order valence-electron chi connectivity index (χ2n) is 6.25. The van der Waals surface area contributed by atoms with Crippen molar-refractivity contribution in [3.63, 3.8) is 0 Å². The summed E-state index contributed by atoms with van der Waals surface area (Å²) in [5.74, 6) is 1.03. The maximum absolute atomic E-state index is 3.62. The zero-order valence-corrected chi connectivity index (χ0v) is 12.3. The van der Waals surface area contributed by atoms with E-state index in [1.54, 1.807) is 0 Å². The van der Waals surface area contributed by atoms with Crippen molar-refractivity contribution in [2.45, 2.75) is 70.8 Å². The van der Waals surface area contributed by atoms with Gasteiger partial charge in [0, 0.05) is 19.1 Å². The van der Waals surface area contributed by atoms with Crippen molar-refractivity contribution in [3.8, 4) is 0 Å². The molecule has 2 nitrogen and oxygen atoms in total. The van der Waals surface area contributed by atoms with Crippen LogP contribution in [0.15, 0.2) is 0 Å². The average Bonchev–Trinajstić information content (AvgIpc) is 3.03. The van der Waals surface area contributed by atoms with Crippen LogP contribution in [0.4, 0.5) is 0 Å². The van der Waals surface area contributed by atoms with E-state index >= 15 is 0 Å². The van der Waals surface area contributed by atoms with E-state index in [4.69, 9.17) is 0 Å². The van der Waals surface area contributed by atoms with Gasteiger partial charge in [0.2, 0.25) is 0 Å². The van der Waals surface area contributed by atoms with E-state index in [1.807, 2.05) is 0 Å². The minimum absolute atomic E-state index is 0.935. The van der Waals surface area contributed by atoms with Crippen LogP contribution in [-0.4, -0.2) is 37.1 Å². The molecular weight excluding hydrogens is 220 g/mol. The maximum atomic E-state index is 3.62. The van der Waals surface area contributed by atoms with Gasteiger partial charge in [0.1, 0.15) is 0 Å². The summed E-state index contributed by atoms with van der Waals surface area (Å²) in [6.07, 6.45) is 13.0. The van der Waals surface area contributed by atoms with Crippen LogP contribution in [0.3, 0.4) is 0 Å². The second-order valence-corrected chi connectivity index (χ2v) is 6.25. The molecule has 2 heteroatoms. The molecule has 1 saturated carbocycles. The third kappa shape index (κ3) is 4.24. The number of hydrogen-bond acceptors (Lipinski definition) is 2. The molecule has 2 aliphatic rings. The van der Waals surface area contributed by atoms with Crippen LogP contribution >= 0.6 is 0 Å². The summed E-state index contributed by atoms with van der Waals surface area (Å²) in [6.45, 7) is 7.34. The Bertz CT molecular complexity index is 211.